The summed E-state index contributed by atoms with van der Waals surface area (Å²) in [6.07, 6.45) is 1.79. The predicted octanol–water partition coefficient (Wildman–Crippen LogP) is 2.73. The highest BCUT2D eigenvalue weighted by Crippen LogP contribution is 2.17. The first-order valence-corrected chi connectivity index (χ1v) is 5.38. The van der Waals surface area contributed by atoms with Crippen LogP contribution in [0.2, 0.25) is 0 Å². The Balaban J connectivity index is 2.32. The van der Waals surface area contributed by atoms with Gasteiger partial charge in [0.05, 0.1) is 6.61 Å². The van der Waals surface area contributed by atoms with E-state index in [9.17, 15) is 8.78 Å². The molecule has 0 bridgehead atoms. The molecule has 1 atom stereocenters. The number of nitrogens with one attached hydrogen (secondary N) is 1. The SMILES string of the molecule is CNC(C)CCCOc1ccc(F)cc1F. The lowest BCUT2D eigenvalue weighted by Crippen LogP contribution is -2.21. The lowest BCUT2D eigenvalue weighted by Gasteiger charge is -2.10. The molecule has 0 aromatic heterocycles. The summed E-state index contributed by atoms with van der Waals surface area (Å²) in [5, 5.41) is 3.10. The van der Waals surface area contributed by atoms with E-state index in [-0.39, 0.29) is 5.75 Å². The molecule has 0 amide bonds. The van der Waals surface area contributed by atoms with Crippen LogP contribution in [-0.4, -0.2) is 19.7 Å². The summed E-state index contributed by atoms with van der Waals surface area (Å²) in [5.41, 5.74) is 0. The van der Waals surface area contributed by atoms with Gasteiger partial charge in [-0.25, -0.2) is 8.78 Å². The molecule has 0 aliphatic carbocycles. The van der Waals surface area contributed by atoms with Gasteiger partial charge in [0.25, 0.3) is 0 Å². The minimum absolute atomic E-state index is 0.110. The lowest BCUT2D eigenvalue weighted by molar-refractivity contribution is 0.285. The van der Waals surface area contributed by atoms with Crippen LogP contribution < -0.4 is 10.1 Å². The average Bonchev–Trinajstić information content (AvgIpc) is 2.26. The van der Waals surface area contributed by atoms with Gasteiger partial charge in [-0.1, -0.05) is 0 Å². The number of halogens is 2. The first-order chi connectivity index (χ1) is 7.63. The molecule has 0 aliphatic rings. The summed E-state index contributed by atoms with van der Waals surface area (Å²) >= 11 is 0. The summed E-state index contributed by atoms with van der Waals surface area (Å²) in [6, 6.07) is 3.74. The van der Waals surface area contributed by atoms with E-state index in [0.717, 1.165) is 18.9 Å². The molecule has 16 heavy (non-hydrogen) atoms. The van der Waals surface area contributed by atoms with Crippen LogP contribution in [-0.2, 0) is 0 Å². The molecule has 2 nitrogen and oxygen atoms in total. The second-order valence-corrected chi connectivity index (χ2v) is 3.76. The van der Waals surface area contributed by atoms with E-state index >= 15 is 0 Å². The maximum atomic E-state index is 13.1. The standard InChI is InChI=1S/C12H17F2NO/c1-9(15-2)4-3-7-16-12-6-5-10(13)8-11(12)14/h5-6,8-9,15H,3-4,7H2,1-2H3. The molecule has 1 aromatic carbocycles. The Kier molecular flexibility index (Phi) is 5.19. The molecule has 4 heteroatoms. The van der Waals surface area contributed by atoms with Crippen molar-refractivity contribution in [2.45, 2.75) is 25.8 Å². The van der Waals surface area contributed by atoms with Crippen LogP contribution >= 0.6 is 0 Å². The maximum absolute atomic E-state index is 13.1. The Hall–Kier alpha value is -1.16. The zero-order valence-corrected chi connectivity index (χ0v) is 9.59. The van der Waals surface area contributed by atoms with E-state index in [1.165, 1.54) is 12.1 Å². The summed E-state index contributed by atoms with van der Waals surface area (Å²) in [7, 11) is 1.89. The molecule has 0 spiro atoms. The molecular weight excluding hydrogens is 212 g/mol. The van der Waals surface area contributed by atoms with Gasteiger partial charge in [-0.15, -0.1) is 0 Å². The Morgan fingerprint density at radius 1 is 1.38 bits per heavy atom. The van der Waals surface area contributed by atoms with Crippen LogP contribution in [0.4, 0.5) is 8.78 Å². The summed E-state index contributed by atoms with van der Waals surface area (Å²) in [5.74, 6) is -1.13. The number of hydrogen-bond donors (Lipinski definition) is 1. The molecule has 0 saturated carbocycles. The van der Waals surface area contributed by atoms with Gasteiger partial charge in [-0.2, -0.15) is 0 Å². The minimum Gasteiger partial charge on any atom is -0.491 e. The smallest absolute Gasteiger partial charge is 0.167 e. The van der Waals surface area contributed by atoms with E-state index < -0.39 is 11.6 Å². The van der Waals surface area contributed by atoms with E-state index in [4.69, 9.17) is 4.74 Å². The number of rotatable bonds is 6. The third-order valence-electron chi connectivity index (χ3n) is 2.43. The molecule has 0 radical (unpaired) electrons. The second kappa shape index (κ2) is 6.43. The molecule has 0 fully saturated rings. The molecule has 0 aliphatic heterocycles. The van der Waals surface area contributed by atoms with Gasteiger partial charge in [-0.05, 0) is 38.9 Å². The summed E-state index contributed by atoms with van der Waals surface area (Å²) < 4.78 is 30.9. The van der Waals surface area contributed by atoms with Crippen LogP contribution in [0.1, 0.15) is 19.8 Å². The molecule has 0 saturated heterocycles. The predicted molar refractivity (Wildman–Crippen MR) is 59.6 cm³/mol. The fourth-order valence-corrected chi connectivity index (χ4v) is 1.31. The topological polar surface area (TPSA) is 21.3 Å². The van der Waals surface area contributed by atoms with Gasteiger partial charge in [0.2, 0.25) is 0 Å². The fraction of sp³-hybridized carbons (Fsp3) is 0.500. The largest absolute Gasteiger partial charge is 0.491 e. The molecule has 1 rings (SSSR count). The average molecular weight is 229 g/mol. The normalized spacial score (nSPS) is 12.5. The zero-order valence-electron chi connectivity index (χ0n) is 9.59. The highest BCUT2D eigenvalue weighted by molar-refractivity contribution is 5.24. The van der Waals surface area contributed by atoms with Crippen molar-refractivity contribution in [1.29, 1.82) is 0 Å². The van der Waals surface area contributed by atoms with Crippen molar-refractivity contribution < 1.29 is 13.5 Å². The monoisotopic (exact) mass is 229 g/mol. The summed E-state index contributed by atoms with van der Waals surface area (Å²) in [6.45, 7) is 2.51. The van der Waals surface area contributed by atoms with Crippen LogP contribution in [0.25, 0.3) is 0 Å². The van der Waals surface area contributed by atoms with Crippen LogP contribution in [0.5, 0.6) is 5.75 Å². The lowest BCUT2D eigenvalue weighted by atomic mass is 10.2. The molecular formula is C12H17F2NO. The van der Waals surface area contributed by atoms with Gasteiger partial charge in [0.15, 0.2) is 11.6 Å². The minimum atomic E-state index is -0.651. The Labute approximate surface area is 94.6 Å². The Bertz CT molecular complexity index is 331. The van der Waals surface area contributed by atoms with Crippen molar-refractivity contribution >= 4 is 0 Å². The third-order valence-corrected chi connectivity index (χ3v) is 2.43. The Morgan fingerprint density at radius 2 is 2.12 bits per heavy atom. The highest BCUT2D eigenvalue weighted by atomic mass is 19.1. The van der Waals surface area contributed by atoms with Crippen molar-refractivity contribution in [2.24, 2.45) is 0 Å². The second-order valence-electron chi connectivity index (χ2n) is 3.76. The quantitative estimate of drug-likeness (QED) is 0.757. The molecule has 1 N–H and O–H groups in total. The number of hydrogen-bond acceptors (Lipinski definition) is 2. The zero-order chi connectivity index (χ0) is 12.0. The van der Waals surface area contributed by atoms with Crippen LogP contribution in [0.3, 0.4) is 0 Å². The van der Waals surface area contributed by atoms with Crippen LogP contribution in [0, 0.1) is 11.6 Å². The number of benzene rings is 1. The van der Waals surface area contributed by atoms with Crippen LogP contribution in [0.15, 0.2) is 18.2 Å². The molecule has 90 valence electrons. The fourth-order valence-electron chi connectivity index (χ4n) is 1.31. The van der Waals surface area contributed by atoms with Gasteiger partial charge in [0, 0.05) is 12.1 Å². The Morgan fingerprint density at radius 3 is 2.75 bits per heavy atom. The highest BCUT2D eigenvalue weighted by Gasteiger charge is 2.04. The van der Waals surface area contributed by atoms with E-state index in [1.807, 2.05) is 7.05 Å². The first-order valence-electron chi connectivity index (χ1n) is 5.38. The molecule has 1 aromatic rings. The maximum Gasteiger partial charge on any atom is 0.167 e. The first kappa shape index (κ1) is 12.9. The van der Waals surface area contributed by atoms with Gasteiger partial charge in [0.1, 0.15) is 5.82 Å². The molecule has 0 heterocycles. The van der Waals surface area contributed by atoms with E-state index in [1.54, 1.807) is 0 Å². The number of ether oxygens (including phenoxy) is 1. The van der Waals surface area contributed by atoms with Crippen molar-refractivity contribution in [3.8, 4) is 5.75 Å². The summed E-state index contributed by atoms with van der Waals surface area (Å²) in [4.78, 5) is 0. The van der Waals surface area contributed by atoms with Crippen molar-refractivity contribution in [1.82, 2.24) is 5.32 Å². The van der Waals surface area contributed by atoms with Gasteiger partial charge >= 0.3 is 0 Å². The van der Waals surface area contributed by atoms with Gasteiger partial charge < -0.3 is 10.1 Å². The van der Waals surface area contributed by atoms with Gasteiger partial charge in [-0.3, -0.25) is 0 Å². The van der Waals surface area contributed by atoms with E-state index in [0.29, 0.717) is 12.6 Å². The van der Waals surface area contributed by atoms with E-state index in [2.05, 4.69) is 12.2 Å². The van der Waals surface area contributed by atoms with Crippen molar-refractivity contribution in [3.63, 3.8) is 0 Å². The molecule has 1 unspecified atom stereocenters. The van der Waals surface area contributed by atoms with Crippen molar-refractivity contribution in [3.05, 3.63) is 29.8 Å². The van der Waals surface area contributed by atoms with Crippen molar-refractivity contribution in [2.75, 3.05) is 13.7 Å². The third kappa shape index (κ3) is 4.14.